The number of urea groups is 2. The van der Waals surface area contributed by atoms with Crippen LogP contribution in [0.25, 0.3) is 0 Å². The summed E-state index contributed by atoms with van der Waals surface area (Å²) < 4.78 is 5.44. The minimum Gasteiger partial charge on any atom is -0.463 e. The van der Waals surface area contributed by atoms with Crippen LogP contribution in [0.2, 0.25) is 5.02 Å². The molecule has 0 radical (unpaired) electrons. The summed E-state index contributed by atoms with van der Waals surface area (Å²) in [7, 11) is 0. The summed E-state index contributed by atoms with van der Waals surface area (Å²) in [5, 5.41) is 6.40. The number of carbonyl (C=O) groups is 3. The van der Waals surface area contributed by atoms with E-state index in [1.165, 1.54) is 4.90 Å². The third kappa shape index (κ3) is 6.79. The molecule has 0 saturated carbocycles. The molecule has 4 amide bonds. The highest BCUT2D eigenvalue weighted by molar-refractivity contribution is 6.30. The number of hydrogen-bond donors (Lipinski definition) is 2. The Labute approximate surface area is 218 Å². The number of nitrogens with zero attached hydrogens (tertiary/aromatic N) is 3. The number of rotatable bonds is 8. The van der Waals surface area contributed by atoms with E-state index in [1.54, 1.807) is 31.2 Å². The first-order valence-corrected chi connectivity index (χ1v) is 12.7. The van der Waals surface area contributed by atoms with Gasteiger partial charge in [0.1, 0.15) is 0 Å². The standard InChI is InChI=1S/C26H36ClN5O4/c1-5-11-32-21(17-30-12-8-13-31(15-14-30)25(34)28-18(3)4)22(24(33)36-6-2)23(29-26(32)35)19-9-7-10-20(27)16-19/h5,7,9-10,16,18,23H,1,6,8,11-15,17H2,2-4H3,(H,28,34)(H,29,35). The Balaban J connectivity index is 1.96. The van der Waals surface area contributed by atoms with Crippen molar-refractivity contribution in [2.45, 2.75) is 39.3 Å². The summed E-state index contributed by atoms with van der Waals surface area (Å²) in [5.74, 6) is -0.487. The summed E-state index contributed by atoms with van der Waals surface area (Å²) in [4.78, 5) is 44.5. The van der Waals surface area contributed by atoms with Gasteiger partial charge in [-0.05, 0) is 44.9 Å². The molecule has 0 aliphatic carbocycles. The van der Waals surface area contributed by atoms with E-state index in [9.17, 15) is 14.4 Å². The SMILES string of the molecule is C=CCN1C(=O)NC(c2cccc(Cl)c2)C(C(=O)OCC)=C1CN1CCCN(C(=O)NC(C)C)CC1. The quantitative estimate of drug-likeness (QED) is 0.406. The molecule has 1 atom stereocenters. The van der Waals surface area contributed by atoms with Gasteiger partial charge < -0.3 is 20.3 Å². The van der Waals surface area contributed by atoms with E-state index in [2.05, 4.69) is 22.1 Å². The molecule has 0 spiro atoms. The smallest absolute Gasteiger partial charge is 0.338 e. The first-order valence-electron chi connectivity index (χ1n) is 12.4. The number of ether oxygens (including phenoxy) is 1. The molecular formula is C26H36ClN5O4. The highest BCUT2D eigenvalue weighted by atomic mass is 35.5. The molecule has 2 N–H and O–H groups in total. The fourth-order valence-corrected chi connectivity index (χ4v) is 4.66. The van der Waals surface area contributed by atoms with Crippen LogP contribution in [0.5, 0.6) is 0 Å². The lowest BCUT2D eigenvalue weighted by Crippen LogP contribution is -2.51. The Bertz CT molecular complexity index is 1010. The van der Waals surface area contributed by atoms with Crippen LogP contribution in [0.15, 0.2) is 48.2 Å². The average molecular weight is 518 g/mol. The van der Waals surface area contributed by atoms with Gasteiger partial charge in [0.05, 0.1) is 18.2 Å². The fourth-order valence-electron chi connectivity index (χ4n) is 4.46. The molecule has 10 heteroatoms. The van der Waals surface area contributed by atoms with Gasteiger partial charge in [0.25, 0.3) is 0 Å². The van der Waals surface area contributed by atoms with E-state index in [-0.39, 0.29) is 31.3 Å². The van der Waals surface area contributed by atoms with Gasteiger partial charge in [-0.3, -0.25) is 9.80 Å². The number of halogens is 1. The second-order valence-corrected chi connectivity index (χ2v) is 9.58. The first kappa shape index (κ1) is 27.5. The van der Waals surface area contributed by atoms with Gasteiger partial charge >= 0.3 is 18.0 Å². The Kier molecular flexibility index (Phi) is 9.78. The van der Waals surface area contributed by atoms with Gasteiger partial charge in [0, 0.05) is 56.0 Å². The van der Waals surface area contributed by atoms with E-state index in [0.29, 0.717) is 48.0 Å². The third-order valence-corrected chi connectivity index (χ3v) is 6.32. The van der Waals surface area contributed by atoms with Crippen LogP contribution in [-0.4, -0.2) is 84.6 Å². The highest BCUT2D eigenvalue weighted by Crippen LogP contribution is 2.33. The molecule has 36 heavy (non-hydrogen) atoms. The molecule has 9 nitrogen and oxygen atoms in total. The number of amides is 4. The van der Waals surface area contributed by atoms with Crippen LogP contribution in [0, 0.1) is 0 Å². The van der Waals surface area contributed by atoms with Crippen LogP contribution in [0.3, 0.4) is 0 Å². The lowest BCUT2D eigenvalue weighted by molar-refractivity contribution is -0.139. The minimum absolute atomic E-state index is 0.0609. The van der Waals surface area contributed by atoms with Crippen LogP contribution in [-0.2, 0) is 9.53 Å². The van der Waals surface area contributed by atoms with Crippen molar-refractivity contribution in [2.24, 2.45) is 0 Å². The highest BCUT2D eigenvalue weighted by Gasteiger charge is 2.38. The number of esters is 1. The van der Waals surface area contributed by atoms with Crippen molar-refractivity contribution in [2.75, 3.05) is 45.9 Å². The van der Waals surface area contributed by atoms with Crippen molar-refractivity contribution in [3.05, 3.63) is 58.8 Å². The molecule has 2 aliphatic heterocycles. The van der Waals surface area contributed by atoms with Gasteiger partial charge in [0.15, 0.2) is 0 Å². The molecule has 1 saturated heterocycles. The topological polar surface area (TPSA) is 94.2 Å². The van der Waals surface area contributed by atoms with Gasteiger partial charge in [-0.2, -0.15) is 0 Å². The van der Waals surface area contributed by atoms with Crippen LogP contribution in [0.4, 0.5) is 9.59 Å². The zero-order valence-electron chi connectivity index (χ0n) is 21.3. The monoisotopic (exact) mass is 517 g/mol. The van der Waals surface area contributed by atoms with Crippen molar-refractivity contribution in [1.29, 1.82) is 0 Å². The lowest BCUT2D eigenvalue weighted by Gasteiger charge is -2.38. The molecule has 1 unspecified atom stereocenters. The molecule has 1 aromatic rings. The maximum absolute atomic E-state index is 13.3. The summed E-state index contributed by atoms with van der Waals surface area (Å²) in [6.07, 6.45) is 2.40. The zero-order valence-corrected chi connectivity index (χ0v) is 22.0. The summed E-state index contributed by atoms with van der Waals surface area (Å²) >= 11 is 6.23. The number of benzene rings is 1. The summed E-state index contributed by atoms with van der Waals surface area (Å²) in [6, 6.07) is 6.05. The number of nitrogens with one attached hydrogen (secondary N) is 2. The molecule has 2 aliphatic rings. The molecule has 1 fully saturated rings. The maximum atomic E-state index is 13.3. The summed E-state index contributed by atoms with van der Waals surface area (Å²) in [6.45, 7) is 12.7. The van der Waals surface area contributed by atoms with Crippen LogP contribution < -0.4 is 10.6 Å². The fraction of sp³-hybridized carbons (Fsp3) is 0.500. The predicted octanol–water partition coefficient (Wildman–Crippen LogP) is 3.54. The summed E-state index contributed by atoms with van der Waals surface area (Å²) in [5.41, 5.74) is 1.64. The molecule has 0 aromatic heterocycles. The lowest BCUT2D eigenvalue weighted by atomic mass is 9.94. The Morgan fingerprint density at radius 2 is 2.06 bits per heavy atom. The van der Waals surface area contributed by atoms with Crippen molar-refractivity contribution >= 4 is 29.6 Å². The Hall–Kier alpha value is -3.04. The van der Waals surface area contributed by atoms with Crippen molar-refractivity contribution in [3.63, 3.8) is 0 Å². The molecule has 196 valence electrons. The van der Waals surface area contributed by atoms with Gasteiger partial charge in [0.2, 0.25) is 0 Å². The van der Waals surface area contributed by atoms with Crippen LogP contribution in [0.1, 0.15) is 38.8 Å². The minimum atomic E-state index is -0.702. The average Bonchev–Trinajstić information content (AvgIpc) is 3.06. The van der Waals surface area contributed by atoms with E-state index < -0.39 is 12.0 Å². The third-order valence-electron chi connectivity index (χ3n) is 6.09. The second-order valence-electron chi connectivity index (χ2n) is 9.14. The Morgan fingerprint density at radius 1 is 1.28 bits per heavy atom. The number of hydrogen-bond acceptors (Lipinski definition) is 5. The maximum Gasteiger partial charge on any atom is 0.338 e. The van der Waals surface area contributed by atoms with E-state index in [4.69, 9.17) is 16.3 Å². The second kappa shape index (κ2) is 12.8. The predicted molar refractivity (Wildman–Crippen MR) is 140 cm³/mol. The normalized spacial score (nSPS) is 19.1. The van der Waals surface area contributed by atoms with E-state index >= 15 is 0 Å². The Morgan fingerprint density at radius 3 is 2.72 bits per heavy atom. The van der Waals surface area contributed by atoms with E-state index in [1.807, 2.05) is 24.8 Å². The zero-order chi connectivity index (χ0) is 26.2. The van der Waals surface area contributed by atoms with Crippen molar-refractivity contribution in [1.82, 2.24) is 25.3 Å². The molecule has 1 aromatic carbocycles. The molecular weight excluding hydrogens is 482 g/mol. The van der Waals surface area contributed by atoms with Crippen molar-refractivity contribution in [3.8, 4) is 0 Å². The molecule has 2 heterocycles. The van der Waals surface area contributed by atoms with Gasteiger partial charge in [-0.25, -0.2) is 14.4 Å². The number of carbonyl (C=O) groups excluding carboxylic acids is 3. The van der Waals surface area contributed by atoms with Crippen molar-refractivity contribution < 1.29 is 19.1 Å². The van der Waals surface area contributed by atoms with Gasteiger partial charge in [-0.1, -0.05) is 29.8 Å². The van der Waals surface area contributed by atoms with E-state index in [0.717, 1.165) is 13.0 Å². The van der Waals surface area contributed by atoms with Crippen LogP contribution >= 0.6 is 11.6 Å². The van der Waals surface area contributed by atoms with Gasteiger partial charge in [-0.15, -0.1) is 6.58 Å². The molecule has 0 bridgehead atoms. The molecule has 3 rings (SSSR count). The first-order chi connectivity index (χ1) is 17.2. The largest absolute Gasteiger partial charge is 0.463 e.